The zero-order chi connectivity index (χ0) is 13.7. The molecule has 0 spiro atoms. The molecule has 0 bridgehead atoms. The van der Waals surface area contributed by atoms with Crippen LogP contribution in [-0.4, -0.2) is 24.1 Å². The molecule has 0 saturated carbocycles. The van der Waals surface area contributed by atoms with Crippen molar-refractivity contribution in [3.63, 3.8) is 0 Å². The van der Waals surface area contributed by atoms with Crippen LogP contribution in [0, 0.1) is 11.2 Å². The maximum atomic E-state index is 14.3. The van der Waals surface area contributed by atoms with Gasteiger partial charge < -0.3 is 16.2 Å². The van der Waals surface area contributed by atoms with E-state index in [-0.39, 0.29) is 11.2 Å². The number of rotatable bonds is 1. The van der Waals surface area contributed by atoms with Gasteiger partial charge in [-0.05, 0) is 18.2 Å². The van der Waals surface area contributed by atoms with E-state index in [1.54, 1.807) is 12.1 Å². The van der Waals surface area contributed by atoms with Crippen LogP contribution < -0.4 is 11.5 Å². The van der Waals surface area contributed by atoms with Gasteiger partial charge in [-0.3, -0.25) is 0 Å². The summed E-state index contributed by atoms with van der Waals surface area (Å²) in [7, 11) is 0. The summed E-state index contributed by atoms with van der Waals surface area (Å²) in [4.78, 5) is 4.56. The second-order valence-corrected chi connectivity index (χ2v) is 6.39. The molecule has 1 aromatic rings. The first-order chi connectivity index (χ1) is 8.97. The molecule has 2 atom stereocenters. The first-order valence-electron chi connectivity index (χ1n) is 6.08. The van der Waals surface area contributed by atoms with Gasteiger partial charge in [-0.15, -0.1) is 0 Å². The molecule has 6 heteroatoms. The number of aliphatic imine (C=N–C) groups is 1. The number of halogens is 1. The molecule has 0 aliphatic carbocycles. The van der Waals surface area contributed by atoms with Gasteiger partial charge in [-0.25, -0.2) is 9.38 Å². The van der Waals surface area contributed by atoms with Crippen molar-refractivity contribution in [2.24, 2.45) is 16.1 Å². The summed E-state index contributed by atoms with van der Waals surface area (Å²) < 4.78 is 19.9. The van der Waals surface area contributed by atoms with Gasteiger partial charge in [0.2, 0.25) is 0 Å². The average molecular weight is 281 g/mol. The van der Waals surface area contributed by atoms with Gasteiger partial charge in [-0.1, -0.05) is 18.7 Å². The van der Waals surface area contributed by atoms with Crippen molar-refractivity contribution >= 4 is 22.6 Å². The normalized spacial score (nSPS) is 33.9. The Labute approximate surface area is 115 Å². The fourth-order valence-corrected chi connectivity index (χ4v) is 3.83. The van der Waals surface area contributed by atoms with E-state index in [2.05, 4.69) is 11.9 Å². The number of hydrogen-bond donors (Lipinski definition) is 2. The van der Waals surface area contributed by atoms with Crippen LogP contribution in [0.3, 0.4) is 0 Å². The molecular weight excluding hydrogens is 265 g/mol. The zero-order valence-corrected chi connectivity index (χ0v) is 11.5. The van der Waals surface area contributed by atoms with Crippen molar-refractivity contribution < 1.29 is 9.13 Å². The Morgan fingerprint density at radius 1 is 1.37 bits per heavy atom. The predicted octanol–water partition coefficient (Wildman–Crippen LogP) is 1.70. The third-order valence-electron chi connectivity index (χ3n) is 4.01. The number of nitrogens with zero attached hydrogens (tertiary/aromatic N) is 1. The molecule has 2 heterocycles. The standard InChI is InChI=1S/C13H16FN3OS/c1-12-5-18-6-13(12,17-11(16)19-7-12)9-4-8(15)2-3-10(9)14/h2-4H,5-7,15H2,1H3,(H2,16,17)/t12-,13+/m0/s1. The third-order valence-corrected chi connectivity index (χ3v) is 5.17. The Bertz CT molecular complexity index is 565. The van der Waals surface area contributed by atoms with Crippen molar-refractivity contribution in [3.05, 3.63) is 29.6 Å². The van der Waals surface area contributed by atoms with Crippen LogP contribution in [0.1, 0.15) is 12.5 Å². The van der Waals surface area contributed by atoms with E-state index in [4.69, 9.17) is 16.2 Å². The molecular formula is C13H16FN3OS. The Balaban J connectivity index is 2.24. The summed E-state index contributed by atoms with van der Waals surface area (Å²) in [6.45, 7) is 2.95. The van der Waals surface area contributed by atoms with Crippen molar-refractivity contribution in [2.75, 3.05) is 24.7 Å². The molecule has 4 N–H and O–H groups in total. The predicted molar refractivity (Wildman–Crippen MR) is 75.5 cm³/mol. The number of nitrogen functional groups attached to an aromatic ring is 1. The lowest BCUT2D eigenvalue weighted by atomic mass is 9.70. The van der Waals surface area contributed by atoms with Crippen molar-refractivity contribution in [3.8, 4) is 0 Å². The number of benzene rings is 1. The smallest absolute Gasteiger partial charge is 0.154 e. The Morgan fingerprint density at radius 2 is 2.16 bits per heavy atom. The maximum Gasteiger partial charge on any atom is 0.154 e. The minimum atomic E-state index is -0.762. The van der Waals surface area contributed by atoms with Gasteiger partial charge in [0, 0.05) is 22.4 Å². The SMILES string of the molecule is C[C@@]12COC[C@]1(c1cc(N)ccc1F)N=C(N)SC2. The van der Waals surface area contributed by atoms with Gasteiger partial charge >= 0.3 is 0 Å². The lowest BCUT2D eigenvalue weighted by molar-refractivity contribution is 0.168. The Hall–Kier alpha value is -1.27. The summed E-state index contributed by atoms with van der Waals surface area (Å²) >= 11 is 1.49. The molecule has 102 valence electrons. The fraction of sp³-hybridized carbons (Fsp3) is 0.462. The van der Waals surface area contributed by atoms with E-state index < -0.39 is 5.54 Å². The van der Waals surface area contributed by atoms with Crippen molar-refractivity contribution in [2.45, 2.75) is 12.5 Å². The minimum absolute atomic E-state index is 0.269. The topological polar surface area (TPSA) is 73.6 Å². The van der Waals surface area contributed by atoms with E-state index >= 15 is 0 Å². The molecule has 1 fully saturated rings. The van der Waals surface area contributed by atoms with Gasteiger partial charge in [0.25, 0.3) is 0 Å². The summed E-state index contributed by atoms with van der Waals surface area (Å²) in [5.74, 6) is 0.450. The summed E-state index contributed by atoms with van der Waals surface area (Å²) in [6, 6.07) is 4.58. The van der Waals surface area contributed by atoms with Gasteiger partial charge in [0.1, 0.15) is 11.4 Å². The molecule has 2 aliphatic heterocycles. The van der Waals surface area contributed by atoms with E-state index in [0.717, 1.165) is 5.75 Å². The number of amidine groups is 1. The monoisotopic (exact) mass is 281 g/mol. The lowest BCUT2D eigenvalue weighted by Gasteiger charge is -2.42. The first kappa shape index (κ1) is 12.7. The number of nitrogens with two attached hydrogens (primary N) is 2. The van der Waals surface area contributed by atoms with Crippen LogP contribution in [0.5, 0.6) is 0 Å². The molecule has 0 radical (unpaired) electrons. The van der Waals surface area contributed by atoms with Crippen LogP contribution in [0.4, 0.5) is 10.1 Å². The summed E-state index contributed by atoms with van der Waals surface area (Å²) in [5, 5.41) is 0.477. The highest BCUT2D eigenvalue weighted by Gasteiger charge is 2.57. The number of fused-ring (bicyclic) bond motifs is 1. The second-order valence-electron chi connectivity index (χ2n) is 5.39. The molecule has 0 amide bonds. The molecule has 4 nitrogen and oxygen atoms in total. The minimum Gasteiger partial charge on any atom is -0.399 e. The van der Waals surface area contributed by atoms with Crippen molar-refractivity contribution in [1.29, 1.82) is 0 Å². The first-order valence-corrected chi connectivity index (χ1v) is 7.07. The van der Waals surface area contributed by atoms with Gasteiger partial charge in [0.15, 0.2) is 5.17 Å². The van der Waals surface area contributed by atoms with Crippen LogP contribution in [-0.2, 0) is 10.3 Å². The molecule has 0 aromatic heterocycles. The number of ether oxygens (including phenoxy) is 1. The highest BCUT2D eigenvalue weighted by atomic mass is 32.2. The van der Waals surface area contributed by atoms with E-state index in [1.165, 1.54) is 17.8 Å². The largest absolute Gasteiger partial charge is 0.399 e. The van der Waals surface area contributed by atoms with Crippen LogP contribution in [0.15, 0.2) is 23.2 Å². The van der Waals surface area contributed by atoms with E-state index in [1.807, 2.05) is 0 Å². The molecule has 0 unspecified atom stereocenters. The molecule has 19 heavy (non-hydrogen) atoms. The Morgan fingerprint density at radius 3 is 2.95 bits per heavy atom. The Kier molecular flexibility index (Phi) is 2.76. The quantitative estimate of drug-likeness (QED) is 0.768. The third kappa shape index (κ3) is 1.74. The second kappa shape index (κ2) is 4.11. The molecule has 3 rings (SSSR count). The summed E-state index contributed by atoms with van der Waals surface area (Å²) in [5.41, 5.74) is 11.6. The molecule has 1 saturated heterocycles. The van der Waals surface area contributed by atoms with Crippen LogP contribution >= 0.6 is 11.8 Å². The number of anilines is 1. The number of hydrogen-bond acceptors (Lipinski definition) is 5. The molecule has 2 aliphatic rings. The average Bonchev–Trinajstić information content (AvgIpc) is 2.70. The van der Waals surface area contributed by atoms with E-state index in [9.17, 15) is 4.39 Å². The van der Waals surface area contributed by atoms with Crippen molar-refractivity contribution in [1.82, 2.24) is 0 Å². The van der Waals surface area contributed by atoms with Gasteiger partial charge in [0.05, 0.1) is 13.2 Å². The highest BCUT2D eigenvalue weighted by Crippen LogP contribution is 2.53. The zero-order valence-electron chi connectivity index (χ0n) is 10.6. The van der Waals surface area contributed by atoms with Gasteiger partial charge in [-0.2, -0.15) is 0 Å². The lowest BCUT2D eigenvalue weighted by Crippen LogP contribution is -2.48. The number of thioether (sulfide) groups is 1. The van der Waals surface area contributed by atoms with Crippen LogP contribution in [0.2, 0.25) is 0 Å². The fourth-order valence-electron chi connectivity index (χ4n) is 2.82. The maximum absolute atomic E-state index is 14.3. The highest BCUT2D eigenvalue weighted by molar-refractivity contribution is 8.13. The molecule has 1 aromatic carbocycles. The van der Waals surface area contributed by atoms with E-state index in [0.29, 0.717) is 29.6 Å². The summed E-state index contributed by atoms with van der Waals surface area (Å²) in [6.07, 6.45) is 0. The van der Waals surface area contributed by atoms with Crippen LogP contribution in [0.25, 0.3) is 0 Å².